The zero-order valence-corrected chi connectivity index (χ0v) is 14.0. The van der Waals surface area contributed by atoms with E-state index in [2.05, 4.69) is 26.1 Å². The topological polar surface area (TPSA) is 12.0 Å². The second-order valence-corrected chi connectivity index (χ2v) is 7.78. The van der Waals surface area contributed by atoms with Crippen molar-refractivity contribution in [2.75, 3.05) is 13.6 Å². The van der Waals surface area contributed by atoms with E-state index in [1.54, 1.807) is 12.1 Å². The summed E-state index contributed by atoms with van der Waals surface area (Å²) in [6.07, 6.45) is 5.04. The largest absolute Gasteiger partial charge is 0.319 e. The van der Waals surface area contributed by atoms with Gasteiger partial charge in [-0.25, -0.2) is 4.39 Å². The van der Waals surface area contributed by atoms with E-state index in [4.69, 9.17) is 0 Å². The predicted octanol–water partition coefficient (Wildman–Crippen LogP) is 4.67. The maximum Gasteiger partial charge on any atom is 0.123 e. The number of halogens is 1. The Morgan fingerprint density at radius 1 is 1.10 bits per heavy atom. The minimum atomic E-state index is -0.137. The third-order valence-electron chi connectivity index (χ3n) is 5.24. The molecule has 0 heterocycles. The predicted molar refractivity (Wildman–Crippen MR) is 87.8 cm³/mol. The molecule has 0 aromatic heterocycles. The molecule has 1 aromatic rings. The van der Waals surface area contributed by atoms with Gasteiger partial charge in [0, 0.05) is 0 Å². The second kappa shape index (κ2) is 6.91. The van der Waals surface area contributed by atoms with Crippen LogP contribution in [0.4, 0.5) is 4.39 Å². The number of hydrogen-bond donors (Lipinski definition) is 1. The molecule has 1 saturated carbocycles. The molecule has 0 radical (unpaired) electrons. The lowest BCUT2D eigenvalue weighted by atomic mass is 9.64. The van der Waals surface area contributed by atoms with Crippen molar-refractivity contribution in [2.24, 2.45) is 23.2 Å². The first-order valence-corrected chi connectivity index (χ1v) is 8.29. The van der Waals surface area contributed by atoms with Crippen LogP contribution in [0.2, 0.25) is 0 Å². The molecule has 0 bridgehead atoms. The molecule has 0 spiro atoms. The normalized spacial score (nSPS) is 26.8. The third-order valence-corrected chi connectivity index (χ3v) is 5.24. The van der Waals surface area contributed by atoms with Crippen LogP contribution in [0.25, 0.3) is 0 Å². The van der Waals surface area contributed by atoms with Gasteiger partial charge in [-0.05, 0) is 80.1 Å². The van der Waals surface area contributed by atoms with E-state index in [1.807, 2.05) is 19.2 Å². The van der Waals surface area contributed by atoms with E-state index in [1.165, 1.54) is 24.8 Å². The van der Waals surface area contributed by atoms with Gasteiger partial charge < -0.3 is 5.32 Å². The van der Waals surface area contributed by atoms with Gasteiger partial charge in [-0.3, -0.25) is 0 Å². The molecule has 118 valence electrons. The van der Waals surface area contributed by atoms with E-state index in [0.717, 1.165) is 24.8 Å². The van der Waals surface area contributed by atoms with Gasteiger partial charge in [0.2, 0.25) is 0 Å². The zero-order chi connectivity index (χ0) is 15.5. The molecule has 2 rings (SSSR count). The van der Waals surface area contributed by atoms with Gasteiger partial charge in [-0.1, -0.05) is 32.9 Å². The van der Waals surface area contributed by atoms with Gasteiger partial charge in [0.25, 0.3) is 0 Å². The summed E-state index contributed by atoms with van der Waals surface area (Å²) < 4.78 is 13.1. The van der Waals surface area contributed by atoms with Crippen molar-refractivity contribution in [3.8, 4) is 0 Å². The average molecular weight is 291 g/mol. The fourth-order valence-corrected chi connectivity index (χ4v) is 3.82. The highest BCUT2D eigenvalue weighted by Crippen LogP contribution is 2.43. The van der Waals surface area contributed by atoms with Crippen molar-refractivity contribution in [1.29, 1.82) is 0 Å². The van der Waals surface area contributed by atoms with Crippen LogP contribution in [-0.2, 0) is 6.42 Å². The second-order valence-electron chi connectivity index (χ2n) is 7.78. The van der Waals surface area contributed by atoms with Crippen LogP contribution in [0, 0.1) is 29.0 Å². The van der Waals surface area contributed by atoms with Crippen LogP contribution in [0.5, 0.6) is 0 Å². The van der Waals surface area contributed by atoms with Crippen molar-refractivity contribution in [3.05, 3.63) is 35.6 Å². The lowest BCUT2D eigenvalue weighted by Gasteiger charge is -2.42. The van der Waals surface area contributed by atoms with E-state index in [0.29, 0.717) is 11.3 Å². The van der Waals surface area contributed by atoms with Gasteiger partial charge in [-0.2, -0.15) is 0 Å². The SMILES string of the molecule is CNCC1CCC(C(C)(C)C)CC1Cc1ccc(F)cc1. The molecule has 1 nitrogen and oxygen atoms in total. The van der Waals surface area contributed by atoms with E-state index < -0.39 is 0 Å². The fraction of sp³-hybridized carbons (Fsp3) is 0.684. The number of hydrogen-bond acceptors (Lipinski definition) is 1. The Morgan fingerprint density at radius 2 is 1.76 bits per heavy atom. The quantitative estimate of drug-likeness (QED) is 0.850. The molecule has 0 amide bonds. The summed E-state index contributed by atoms with van der Waals surface area (Å²) in [7, 11) is 2.05. The molecule has 1 fully saturated rings. The molecule has 1 aromatic carbocycles. The van der Waals surface area contributed by atoms with Crippen LogP contribution in [0.15, 0.2) is 24.3 Å². The van der Waals surface area contributed by atoms with Crippen molar-refractivity contribution in [2.45, 2.75) is 46.5 Å². The Morgan fingerprint density at radius 3 is 2.33 bits per heavy atom. The number of rotatable bonds is 4. The molecule has 0 saturated heterocycles. The van der Waals surface area contributed by atoms with E-state index in [9.17, 15) is 4.39 Å². The minimum absolute atomic E-state index is 0.137. The maximum atomic E-state index is 13.1. The van der Waals surface area contributed by atoms with Crippen molar-refractivity contribution < 1.29 is 4.39 Å². The first kappa shape index (κ1) is 16.5. The number of nitrogens with one attached hydrogen (secondary N) is 1. The molecular weight excluding hydrogens is 261 g/mol. The summed E-state index contributed by atoms with van der Waals surface area (Å²) in [4.78, 5) is 0. The molecule has 1 aliphatic carbocycles. The van der Waals surface area contributed by atoms with Crippen molar-refractivity contribution in [3.63, 3.8) is 0 Å². The van der Waals surface area contributed by atoms with E-state index >= 15 is 0 Å². The Hall–Kier alpha value is -0.890. The first-order valence-electron chi connectivity index (χ1n) is 8.29. The summed E-state index contributed by atoms with van der Waals surface area (Å²) in [6.45, 7) is 8.20. The van der Waals surface area contributed by atoms with E-state index in [-0.39, 0.29) is 5.82 Å². The van der Waals surface area contributed by atoms with Crippen LogP contribution >= 0.6 is 0 Å². The van der Waals surface area contributed by atoms with Gasteiger partial charge in [0.1, 0.15) is 5.82 Å². The summed E-state index contributed by atoms with van der Waals surface area (Å²) in [6, 6.07) is 7.08. The molecule has 1 aliphatic rings. The molecule has 2 heteroatoms. The molecule has 3 unspecified atom stereocenters. The lowest BCUT2D eigenvalue weighted by Crippen LogP contribution is -2.36. The van der Waals surface area contributed by atoms with Crippen LogP contribution in [0.3, 0.4) is 0 Å². The molecule has 3 atom stereocenters. The highest BCUT2D eigenvalue weighted by Gasteiger charge is 2.35. The van der Waals surface area contributed by atoms with Gasteiger partial charge >= 0.3 is 0 Å². The summed E-state index contributed by atoms with van der Waals surface area (Å²) >= 11 is 0. The molecule has 0 aliphatic heterocycles. The Bertz CT molecular complexity index is 432. The molecule has 21 heavy (non-hydrogen) atoms. The highest BCUT2D eigenvalue weighted by atomic mass is 19.1. The fourth-order valence-electron chi connectivity index (χ4n) is 3.82. The van der Waals surface area contributed by atoms with Gasteiger partial charge in [0.05, 0.1) is 0 Å². The maximum absolute atomic E-state index is 13.1. The van der Waals surface area contributed by atoms with Gasteiger partial charge in [-0.15, -0.1) is 0 Å². The standard InChI is InChI=1S/C19H30FN/c1-19(2,3)17-8-7-15(13-21-4)16(12-17)11-14-5-9-18(20)10-6-14/h5-6,9-10,15-17,21H,7-8,11-13H2,1-4H3. The van der Waals surface area contributed by atoms with Gasteiger partial charge in [0.15, 0.2) is 0 Å². The Kier molecular flexibility index (Phi) is 5.43. The Labute approximate surface area is 129 Å². The number of benzene rings is 1. The van der Waals surface area contributed by atoms with Crippen molar-refractivity contribution >= 4 is 0 Å². The molecular formula is C19H30FN. The third kappa shape index (κ3) is 4.54. The summed E-state index contributed by atoms with van der Waals surface area (Å²) in [5, 5.41) is 3.36. The smallest absolute Gasteiger partial charge is 0.123 e. The van der Waals surface area contributed by atoms with Crippen LogP contribution < -0.4 is 5.32 Å². The van der Waals surface area contributed by atoms with Crippen molar-refractivity contribution in [1.82, 2.24) is 5.32 Å². The first-order chi connectivity index (χ1) is 9.90. The molecule has 1 N–H and O–H groups in total. The Balaban J connectivity index is 2.08. The average Bonchev–Trinajstić information content (AvgIpc) is 2.42. The summed E-state index contributed by atoms with van der Waals surface area (Å²) in [5.74, 6) is 2.12. The monoisotopic (exact) mass is 291 g/mol. The van der Waals surface area contributed by atoms with Crippen LogP contribution in [-0.4, -0.2) is 13.6 Å². The highest BCUT2D eigenvalue weighted by molar-refractivity contribution is 5.17. The minimum Gasteiger partial charge on any atom is -0.319 e. The van der Waals surface area contributed by atoms with Crippen LogP contribution in [0.1, 0.15) is 45.6 Å². The lowest BCUT2D eigenvalue weighted by molar-refractivity contribution is 0.0980. The summed E-state index contributed by atoms with van der Waals surface area (Å²) in [5.41, 5.74) is 1.67. The zero-order valence-electron chi connectivity index (χ0n) is 14.0.